The van der Waals surface area contributed by atoms with Crippen molar-refractivity contribution in [3.05, 3.63) is 18.3 Å². The molecule has 6 nitrogen and oxygen atoms in total. The monoisotopic (exact) mass is 286 g/mol. The summed E-state index contributed by atoms with van der Waals surface area (Å²) in [7, 11) is -3.70. The Bertz CT molecular complexity index is 504. The highest BCUT2D eigenvalue weighted by atomic mass is 32.2. The van der Waals surface area contributed by atoms with E-state index in [4.69, 9.17) is 5.84 Å². The van der Waals surface area contributed by atoms with Gasteiger partial charge in [0.2, 0.25) is 0 Å². The highest BCUT2D eigenvalue weighted by Gasteiger charge is 2.32. The maximum absolute atomic E-state index is 12.4. The number of sulfonamides is 1. The van der Waals surface area contributed by atoms with Crippen LogP contribution in [0.25, 0.3) is 0 Å². The number of hydrogen-bond acceptors (Lipinski definition) is 5. The molecular weight excluding hydrogens is 264 g/mol. The first kappa shape index (κ1) is 15.9. The number of hydrogen-bond donors (Lipinski definition) is 3. The van der Waals surface area contributed by atoms with Gasteiger partial charge < -0.3 is 5.43 Å². The fourth-order valence-corrected chi connectivity index (χ4v) is 3.73. The SMILES string of the molecule is CCC(CC)(CC)NS(=O)(=O)c1ncccc1NN. The molecular formula is C12H22N4O2S. The van der Waals surface area contributed by atoms with Gasteiger partial charge in [-0.2, -0.15) is 0 Å². The van der Waals surface area contributed by atoms with E-state index in [0.717, 1.165) is 19.3 Å². The third-order valence-corrected chi connectivity index (χ3v) is 5.10. The van der Waals surface area contributed by atoms with E-state index in [0.29, 0.717) is 0 Å². The van der Waals surface area contributed by atoms with Crippen molar-refractivity contribution in [2.45, 2.75) is 50.6 Å². The van der Waals surface area contributed by atoms with Crippen molar-refractivity contribution in [1.29, 1.82) is 0 Å². The molecule has 19 heavy (non-hydrogen) atoms. The second kappa shape index (κ2) is 6.31. The zero-order valence-corrected chi connectivity index (χ0v) is 12.4. The van der Waals surface area contributed by atoms with Gasteiger partial charge in [0.05, 0.1) is 5.69 Å². The molecule has 0 aliphatic carbocycles. The molecule has 0 saturated carbocycles. The van der Waals surface area contributed by atoms with Gasteiger partial charge in [-0.05, 0) is 31.4 Å². The number of pyridine rings is 1. The zero-order chi connectivity index (χ0) is 14.5. The smallest absolute Gasteiger partial charge is 0.260 e. The highest BCUT2D eigenvalue weighted by molar-refractivity contribution is 7.89. The maximum atomic E-state index is 12.4. The zero-order valence-electron chi connectivity index (χ0n) is 11.6. The van der Waals surface area contributed by atoms with Gasteiger partial charge in [-0.1, -0.05) is 20.8 Å². The molecule has 0 bridgehead atoms. The summed E-state index contributed by atoms with van der Waals surface area (Å²) in [4.78, 5) is 3.92. The van der Waals surface area contributed by atoms with Crippen LogP contribution in [0.1, 0.15) is 40.0 Å². The average Bonchev–Trinajstić information content (AvgIpc) is 2.45. The van der Waals surface area contributed by atoms with E-state index in [-0.39, 0.29) is 10.7 Å². The average molecular weight is 286 g/mol. The second-order valence-electron chi connectivity index (χ2n) is 4.45. The molecule has 7 heteroatoms. The predicted molar refractivity (Wildman–Crippen MR) is 76.0 cm³/mol. The number of anilines is 1. The number of nitrogen functional groups attached to an aromatic ring is 1. The molecule has 0 aliphatic rings. The molecule has 0 aromatic carbocycles. The number of aromatic nitrogens is 1. The minimum atomic E-state index is -3.70. The van der Waals surface area contributed by atoms with E-state index in [1.807, 2.05) is 20.8 Å². The van der Waals surface area contributed by atoms with Gasteiger partial charge in [0.1, 0.15) is 0 Å². The van der Waals surface area contributed by atoms with Crippen LogP contribution in [-0.4, -0.2) is 18.9 Å². The summed E-state index contributed by atoms with van der Waals surface area (Å²) >= 11 is 0. The fourth-order valence-electron chi connectivity index (χ4n) is 2.01. The third-order valence-electron chi connectivity index (χ3n) is 3.56. The lowest BCUT2D eigenvalue weighted by Crippen LogP contribution is -2.47. The normalized spacial score (nSPS) is 12.4. The van der Waals surface area contributed by atoms with Crippen molar-refractivity contribution in [3.63, 3.8) is 0 Å². The quantitative estimate of drug-likeness (QED) is 0.522. The van der Waals surface area contributed by atoms with E-state index in [1.54, 1.807) is 12.1 Å². The number of hydrazine groups is 1. The summed E-state index contributed by atoms with van der Waals surface area (Å²) in [5, 5.41) is -0.0720. The molecule has 108 valence electrons. The molecule has 0 spiro atoms. The molecule has 0 amide bonds. The number of nitrogens with zero attached hydrogens (tertiary/aromatic N) is 1. The molecule has 4 N–H and O–H groups in total. The lowest BCUT2D eigenvalue weighted by atomic mass is 9.91. The molecule has 0 atom stereocenters. The molecule has 0 saturated heterocycles. The number of rotatable bonds is 7. The molecule has 0 unspecified atom stereocenters. The van der Waals surface area contributed by atoms with E-state index in [2.05, 4.69) is 15.1 Å². The van der Waals surface area contributed by atoms with Crippen LogP contribution in [0.2, 0.25) is 0 Å². The fraction of sp³-hybridized carbons (Fsp3) is 0.583. The summed E-state index contributed by atoms with van der Waals surface area (Å²) in [6, 6.07) is 3.20. The van der Waals surface area contributed by atoms with Crippen LogP contribution >= 0.6 is 0 Å². The minimum Gasteiger partial charge on any atom is -0.321 e. The predicted octanol–water partition coefficient (Wildman–Crippen LogP) is 1.61. The molecule has 1 aromatic heterocycles. The first-order valence-corrected chi connectivity index (χ1v) is 7.88. The van der Waals surface area contributed by atoms with Crippen molar-refractivity contribution in [1.82, 2.24) is 9.71 Å². The van der Waals surface area contributed by atoms with Crippen molar-refractivity contribution < 1.29 is 8.42 Å². The first-order valence-electron chi connectivity index (χ1n) is 6.40. The van der Waals surface area contributed by atoms with Gasteiger partial charge in [-0.15, -0.1) is 0 Å². The van der Waals surface area contributed by atoms with Crippen LogP contribution in [0.3, 0.4) is 0 Å². The van der Waals surface area contributed by atoms with E-state index < -0.39 is 15.6 Å². The Kier molecular flexibility index (Phi) is 5.28. The van der Waals surface area contributed by atoms with E-state index in [9.17, 15) is 8.42 Å². The van der Waals surface area contributed by atoms with Crippen LogP contribution < -0.4 is 16.0 Å². The third kappa shape index (κ3) is 3.43. The molecule has 1 aromatic rings. The lowest BCUT2D eigenvalue weighted by molar-refractivity contribution is 0.341. The van der Waals surface area contributed by atoms with Crippen molar-refractivity contribution in [3.8, 4) is 0 Å². The van der Waals surface area contributed by atoms with Crippen molar-refractivity contribution in [2.75, 3.05) is 5.43 Å². The van der Waals surface area contributed by atoms with Gasteiger partial charge >= 0.3 is 0 Å². The summed E-state index contributed by atoms with van der Waals surface area (Å²) < 4.78 is 27.6. The first-order chi connectivity index (χ1) is 8.94. The Morgan fingerprint density at radius 2 is 1.84 bits per heavy atom. The second-order valence-corrected chi connectivity index (χ2v) is 6.04. The van der Waals surface area contributed by atoms with Gasteiger partial charge in [0.25, 0.3) is 10.0 Å². The van der Waals surface area contributed by atoms with Crippen LogP contribution in [0.4, 0.5) is 5.69 Å². The van der Waals surface area contributed by atoms with Gasteiger partial charge in [-0.3, -0.25) is 5.84 Å². The Labute approximate surface area is 114 Å². The van der Waals surface area contributed by atoms with Gasteiger partial charge in [-0.25, -0.2) is 18.1 Å². The Hall–Kier alpha value is -1.18. The largest absolute Gasteiger partial charge is 0.321 e. The standard InChI is InChI=1S/C12H22N4O2S/c1-4-12(5-2,6-3)16-19(17,18)11-10(15-13)8-7-9-14-11/h7-9,15-16H,4-6,13H2,1-3H3. The van der Waals surface area contributed by atoms with Crippen molar-refractivity contribution >= 4 is 15.7 Å². The van der Waals surface area contributed by atoms with Crippen LogP contribution in [0.5, 0.6) is 0 Å². The summed E-state index contributed by atoms with van der Waals surface area (Å²) in [5.41, 5.74) is 2.20. The molecule has 1 rings (SSSR count). The molecule has 0 aliphatic heterocycles. The van der Waals surface area contributed by atoms with Crippen molar-refractivity contribution in [2.24, 2.45) is 5.84 Å². The number of nitrogens with one attached hydrogen (secondary N) is 2. The van der Waals surface area contributed by atoms with E-state index >= 15 is 0 Å². The molecule has 1 heterocycles. The van der Waals surface area contributed by atoms with Crippen LogP contribution in [0.15, 0.2) is 23.4 Å². The number of nitrogens with two attached hydrogens (primary N) is 1. The summed E-state index contributed by atoms with van der Waals surface area (Å²) in [6.45, 7) is 5.90. The van der Waals surface area contributed by atoms with Crippen LogP contribution in [-0.2, 0) is 10.0 Å². The van der Waals surface area contributed by atoms with E-state index in [1.165, 1.54) is 6.20 Å². The maximum Gasteiger partial charge on any atom is 0.260 e. The minimum absolute atomic E-state index is 0.0720. The Morgan fingerprint density at radius 3 is 2.32 bits per heavy atom. The van der Waals surface area contributed by atoms with Gasteiger partial charge in [0.15, 0.2) is 5.03 Å². The lowest BCUT2D eigenvalue weighted by Gasteiger charge is -2.31. The Balaban J connectivity index is 3.18. The molecule has 0 fully saturated rings. The van der Waals surface area contributed by atoms with Crippen LogP contribution in [0, 0.1) is 0 Å². The van der Waals surface area contributed by atoms with Gasteiger partial charge in [0, 0.05) is 11.7 Å². The summed E-state index contributed by atoms with van der Waals surface area (Å²) in [5.74, 6) is 5.33. The highest BCUT2D eigenvalue weighted by Crippen LogP contribution is 2.24. The molecule has 0 radical (unpaired) electrons. The summed E-state index contributed by atoms with van der Waals surface area (Å²) in [6.07, 6.45) is 3.59. The topological polar surface area (TPSA) is 97.1 Å². The Morgan fingerprint density at radius 1 is 1.26 bits per heavy atom.